The molecule has 0 aliphatic rings. The third kappa shape index (κ3) is 2.19. The van der Waals surface area contributed by atoms with Crippen LogP contribution in [-0.2, 0) is 0 Å². The van der Waals surface area contributed by atoms with Crippen LogP contribution in [0.1, 0.15) is 30.9 Å². The van der Waals surface area contributed by atoms with Gasteiger partial charge in [0.1, 0.15) is 0 Å². The summed E-state index contributed by atoms with van der Waals surface area (Å²) in [6.45, 7) is 6.08. The van der Waals surface area contributed by atoms with Crippen LogP contribution in [-0.4, -0.2) is 0 Å². The first-order valence-electron chi connectivity index (χ1n) is 4.47. The van der Waals surface area contributed by atoms with Crippen LogP contribution in [0.4, 0.5) is 0 Å². The van der Waals surface area contributed by atoms with Gasteiger partial charge < -0.3 is 0 Å². The van der Waals surface area contributed by atoms with Crippen LogP contribution in [0.3, 0.4) is 0 Å². The number of allylic oxidation sites excluding steroid dienone is 1. The summed E-state index contributed by atoms with van der Waals surface area (Å²) in [5.41, 5.74) is 2.77. The number of hydrogen-bond donors (Lipinski definition) is 0. The third-order valence-electron chi connectivity index (χ3n) is 1.98. The maximum absolute atomic E-state index is 8.84. The van der Waals surface area contributed by atoms with Crippen molar-refractivity contribution in [2.45, 2.75) is 19.8 Å². The van der Waals surface area contributed by atoms with Crippen molar-refractivity contribution in [3.63, 3.8) is 0 Å². The van der Waals surface area contributed by atoms with Crippen LogP contribution in [0.2, 0.25) is 0 Å². The van der Waals surface area contributed by atoms with E-state index < -0.39 is 0 Å². The van der Waals surface area contributed by atoms with Crippen LogP contribution in [0.25, 0.3) is 5.57 Å². The average molecular weight is 171 g/mol. The van der Waals surface area contributed by atoms with Gasteiger partial charge >= 0.3 is 0 Å². The van der Waals surface area contributed by atoms with E-state index in [0.717, 1.165) is 29.5 Å². The second-order valence-electron chi connectivity index (χ2n) is 3.01. The van der Waals surface area contributed by atoms with Gasteiger partial charge in [-0.05, 0) is 23.6 Å². The Balaban J connectivity index is 3.01. The van der Waals surface area contributed by atoms with Gasteiger partial charge in [0.15, 0.2) is 0 Å². The van der Waals surface area contributed by atoms with Crippen LogP contribution in [0.15, 0.2) is 30.8 Å². The number of nitriles is 1. The monoisotopic (exact) mass is 171 g/mol. The summed E-state index contributed by atoms with van der Waals surface area (Å²) in [7, 11) is 0. The quantitative estimate of drug-likeness (QED) is 0.684. The fourth-order valence-corrected chi connectivity index (χ4v) is 1.33. The van der Waals surface area contributed by atoms with Gasteiger partial charge in [0.25, 0.3) is 0 Å². The number of nitrogens with zero attached hydrogens (tertiary/aromatic N) is 1. The normalized spacial score (nSPS) is 9.23. The molecule has 66 valence electrons. The largest absolute Gasteiger partial charge is 0.192 e. The summed E-state index contributed by atoms with van der Waals surface area (Å²) < 4.78 is 0. The molecule has 1 nitrogen and oxygen atoms in total. The van der Waals surface area contributed by atoms with E-state index in [1.165, 1.54) is 0 Å². The molecule has 1 heteroatoms. The molecule has 0 aliphatic carbocycles. The molecular weight excluding hydrogens is 158 g/mol. The zero-order valence-corrected chi connectivity index (χ0v) is 7.88. The van der Waals surface area contributed by atoms with Crippen molar-refractivity contribution in [3.05, 3.63) is 42.0 Å². The molecule has 0 fully saturated rings. The Kier molecular flexibility index (Phi) is 3.28. The van der Waals surface area contributed by atoms with E-state index in [9.17, 15) is 0 Å². The Bertz CT molecular complexity index is 344. The molecule has 0 saturated carbocycles. The van der Waals surface area contributed by atoms with E-state index >= 15 is 0 Å². The fourth-order valence-electron chi connectivity index (χ4n) is 1.33. The molecule has 0 unspecified atom stereocenters. The average Bonchev–Trinajstić information content (AvgIpc) is 2.18. The van der Waals surface area contributed by atoms with Gasteiger partial charge in [0, 0.05) is 0 Å². The van der Waals surface area contributed by atoms with E-state index in [0.29, 0.717) is 0 Å². The van der Waals surface area contributed by atoms with E-state index in [1.807, 2.05) is 24.3 Å². The molecule has 1 aromatic carbocycles. The topological polar surface area (TPSA) is 23.8 Å². The zero-order chi connectivity index (χ0) is 9.68. The number of benzene rings is 1. The summed E-state index contributed by atoms with van der Waals surface area (Å²) >= 11 is 0. The van der Waals surface area contributed by atoms with Crippen molar-refractivity contribution in [2.75, 3.05) is 0 Å². The predicted octanol–water partition coefficient (Wildman–Crippen LogP) is 3.37. The molecule has 0 aromatic heterocycles. The molecule has 0 atom stereocenters. The molecule has 13 heavy (non-hydrogen) atoms. The maximum Gasteiger partial charge on any atom is 0.0998 e. The summed E-state index contributed by atoms with van der Waals surface area (Å²) in [4.78, 5) is 0. The lowest BCUT2D eigenvalue weighted by Gasteiger charge is -2.05. The highest BCUT2D eigenvalue weighted by Gasteiger charge is 2.02. The molecule has 0 N–H and O–H groups in total. The molecule has 0 bridgehead atoms. The molecule has 0 radical (unpaired) electrons. The lowest BCUT2D eigenvalue weighted by atomic mass is 9.99. The summed E-state index contributed by atoms with van der Waals surface area (Å²) in [5, 5.41) is 8.84. The minimum absolute atomic E-state index is 0.723. The summed E-state index contributed by atoms with van der Waals surface area (Å²) in [5.74, 6) is 0. The molecule has 0 saturated heterocycles. The van der Waals surface area contributed by atoms with Crippen LogP contribution in [0.5, 0.6) is 0 Å². The van der Waals surface area contributed by atoms with Crippen LogP contribution in [0, 0.1) is 11.3 Å². The van der Waals surface area contributed by atoms with Gasteiger partial charge in [-0.2, -0.15) is 5.26 Å². The Hall–Kier alpha value is -1.55. The zero-order valence-electron chi connectivity index (χ0n) is 7.88. The third-order valence-corrected chi connectivity index (χ3v) is 1.98. The summed E-state index contributed by atoms with van der Waals surface area (Å²) in [6, 6.07) is 9.78. The Labute approximate surface area is 79.3 Å². The lowest BCUT2D eigenvalue weighted by Crippen LogP contribution is -1.87. The Morgan fingerprint density at radius 1 is 1.46 bits per heavy atom. The number of hydrogen-bond acceptors (Lipinski definition) is 1. The van der Waals surface area contributed by atoms with Crippen molar-refractivity contribution in [1.82, 2.24) is 0 Å². The molecule has 1 rings (SSSR count). The highest BCUT2D eigenvalue weighted by molar-refractivity contribution is 5.68. The highest BCUT2D eigenvalue weighted by Crippen LogP contribution is 2.20. The lowest BCUT2D eigenvalue weighted by molar-refractivity contribution is 0.975. The van der Waals surface area contributed by atoms with Gasteiger partial charge in [-0.15, -0.1) is 0 Å². The molecular formula is C12H13N. The van der Waals surface area contributed by atoms with Crippen molar-refractivity contribution in [1.29, 1.82) is 5.26 Å². The highest BCUT2D eigenvalue weighted by atomic mass is 14.2. The smallest absolute Gasteiger partial charge is 0.0998 e. The second kappa shape index (κ2) is 4.47. The van der Waals surface area contributed by atoms with E-state index in [1.54, 1.807) is 0 Å². The Morgan fingerprint density at radius 2 is 2.15 bits per heavy atom. The first kappa shape index (κ1) is 9.54. The standard InChI is InChI=1S/C12H13N/c1-3-6-10(2)12-8-5-4-7-11(12)9-13/h4-5,7-8H,2-3,6H2,1H3. The van der Waals surface area contributed by atoms with Crippen molar-refractivity contribution in [2.24, 2.45) is 0 Å². The SMILES string of the molecule is C=C(CCC)c1ccccc1C#N. The number of rotatable bonds is 3. The molecule has 0 aliphatic heterocycles. The van der Waals surface area contributed by atoms with Crippen molar-refractivity contribution in [3.8, 4) is 6.07 Å². The fraction of sp³-hybridized carbons (Fsp3) is 0.250. The summed E-state index contributed by atoms with van der Waals surface area (Å²) in [6.07, 6.45) is 2.03. The second-order valence-corrected chi connectivity index (χ2v) is 3.01. The minimum atomic E-state index is 0.723. The molecule has 0 spiro atoms. The maximum atomic E-state index is 8.84. The first-order valence-corrected chi connectivity index (χ1v) is 4.47. The van der Waals surface area contributed by atoms with Crippen LogP contribution < -0.4 is 0 Å². The van der Waals surface area contributed by atoms with Gasteiger partial charge in [-0.25, -0.2) is 0 Å². The first-order chi connectivity index (χ1) is 6.29. The minimum Gasteiger partial charge on any atom is -0.192 e. The molecule has 0 heterocycles. The predicted molar refractivity (Wildman–Crippen MR) is 55.1 cm³/mol. The van der Waals surface area contributed by atoms with E-state index in [4.69, 9.17) is 5.26 Å². The van der Waals surface area contributed by atoms with Gasteiger partial charge in [-0.3, -0.25) is 0 Å². The van der Waals surface area contributed by atoms with E-state index in [2.05, 4.69) is 19.6 Å². The van der Waals surface area contributed by atoms with Gasteiger partial charge in [0.2, 0.25) is 0 Å². The molecule has 0 amide bonds. The van der Waals surface area contributed by atoms with Gasteiger partial charge in [-0.1, -0.05) is 38.1 Å². The molecule has 1 aromatic rings. The van der Waals surface area contributed by atoms with Gasteiger partial charge in [0.05, 0.1) is 11.6 Å². The van der Waals surface area contributed by atoms with Crippen molar-refractivity contribution >= 4 is 5.57 Å². The van der Waals surface area contributed by atoms with Crippen molar-refractivity contribution < 1.29 is 0 Å². The Morgan fingerprint density at radius 3 is 2.77 bits per heavy atom. The van der Waals surface area contributed by atoms with E-state index in [-0.39, 0.29) is 0 Å². The van der Waals surface area contributed by atoms with Crippen LogP contribution >= 0.6 is 0 Å².